The molecule has 0 aliphatic heterocycles. The van der Waals surface area contributed by atoms with Gasteiger partial charge in [0.15, 0.2) is 6.61 Å². The standard InChI is InChI=1S/C15H12F2O3/c1-19-15-6-5-11(17)8-13(15)14(18)9-20-12-4-2-3-10(16)7-12/h2-8H,9H2,1H3. The smallest absolute Gasteiger partial charge is 0.204 e. The van der Waals surface area contributed by atoms with Crippen molar-refractivity contribution in [2.75, 3.05) is 13.7 Å². The second-order valence-electron chi connectivity index (χ2n) is 4.01. The van der Waals surface area contributed by atoms with Crippen molar-refractivity contribution < 1.29 is 23.0 Å². The summed E-state index contributed by atoms with van der Waals surface area (Å²) in [5, 5.41) is 0. The van der Waals surface area contributed by atoms with Crippen molar-refractivity contribution in [3.05, 3.63) is 59.7 Å². The van der Waals surface area contributed by atoms with Gasteiger partial charge in [0.05, 0.1) is 12.7 Å². The molecule has 0 fully saturated rings. The van der Waals surface area contributed by atoms with E-state index >= 15 is 0 Å². The first-order valence-electron chi connectivity index (χ1n) is 5.85. The minimum Gasteiger partial charge on any atom is -0.496 e. The molecule has 0 aliphatic carbocycles. The molecule has 0 aliphatic rings. The zero-order chi connectivity index (χ0) is 14.5. The first-order chi connectivity index (χ1) is 9.60. The molecule has 0 amide bonds. The van der Waals surface area contributed by atoms with E-state index in [0.717, 1.165) is 12.1 Å². The van der Waals surface area contributed by atoms with Gasteiger partial charge in [0, 0.05) is 6.07 Å². The highest BCUT2D eigenvalue weighted by atomic mass is 19.1. The van der Waals surface area contributed by atoms with E-state index in [1.165, 1.54) is 37.4 Å². The minimum atomic E-state index is -0.542. The van der Waals surface area contributed by atoms with E-state index < -0.39 is 17.4 Å². The topological polar surface area (TPSA) is 35.5 Å². The number of carbonyl (C=O) groups is 1. The molecule has 0 N–H and O–H groups in total. The molecule has 0 saturated carbocycles. The van der Waals surface area contributed by atoms with Gasteiger partial charge in [-0.3, -0.25) is 4.79 Å². The third-order valence-corrected chi connectivity index (χ3v) is 2.63. The Balaban J connectivity index is 2.10. The molecule has 0 bridgehead atoms. The molecule has 0 unspecified atom stereocenters. The Kier molecular flexibility index (Phi) is 4.30. The van der Waals surface area contributed by atoms with Crippen molar-refractivity contribution >= 4 is 5.78 Å². The second-order valence-corrected chi connectivity index (χ2v) is 4.01. The summed E-state index contributed by atoms with van der Waals surface area (Å²) in [4.78, 5) is 12.0. The van der Waals surface area contributed by atoms with Gasteiger partial charge in [-0.2, -0.15) is 0 Å². The predicted molar refractivity (Wildman–Crippen MR) is 69.2 cm³/mol. The Hall–Kier alpha value is -2.43. The molecule has 3 nitrogen and oxygen atoms in total. The number of benzene rings is 2. The highest BCUT2D eigenvalue weighted by molar-refractivity contribution is 5.99. The molecule has 2 aromatic carbocycles. The Labute approximate surface area is 114 Å². The molecule has 0 radical (unpaired) electrons. The van der Waals surface area contributed by atoms with Crippen LogP contribution in [0, 0.1) is 11.6 Å². The molecule has 0 saturated heterocycles. The Bertz CT molecular complexity index is 626. The summed E-state index contributed by atoms with van der Waals surface area (Å²) in [6, 6.07) is 9.07. The number of ether oxygens (including phenoxy) is 2. The van der Waals surface area contributed by atoms with Crippen LogP contribution in [0.5, 0.6) is 11.5 Å². The molecule has 0 heterocycles. The van der Waals surface area contributed by atoms with Gasteiger partial charge in [-0.15, -0.1) is 0 Å². The number of rotatable bonds is 5. The predicted octanol–water partition coefficient (Wildman–Crippen LogP) is 3.24. The van der Waals surface area contributed by atoms with E-state index in [9.17, 15) is 13.6 Å². The minimum absolute atomic E-state index is 0.0869. The lowest BCUT2D eigenvalue weighted by Gasteiger charge is -2.09. The normalized spacial score (nSPS) is 10.2. The largest absolute Gasteiger partial charge is 0.496 e. The highest BCUT2D eigenvalue weighted by Gasteiger charge is 2.14. The summed E-state index contributed by atoms with van der Waals surface area (Å²) in [5.41, 5.74) is 0.0869. The number of hydrogen-bond acceptors (Lipinski definition) is 3. The van der Waals surface area contributed by atoms with Crippen molar-refractivity contribution in [1.29, 1.82) is 0 Å². The van der Waals surface area contributed by atoms with E-state index in [1.807, 2.05) is 0 Å². The lowest BCUT2D eigenvalue weighted by Crippen LogP contribution is -2.13. The van der Waals surface area contributed by atoms with Crippen LogP contribution < -0.4 is 9.47 Å². The fraction of sp³-hybridized carbons (Fsp3) is 0.133. The van der Waals surface area contributed by atoms with Crippen molar-refractivity contribution in [2.24, 2.45) is 0 Å². The van der Waals surface area contributed by atoms with E-state index in [2.05, 4.69) is 0 Å². The Morgan fingerprint density at radius 1 is 1.10 bits per heavy atom. The van der Waals surface area contributed by atoms with E-state index in [-0.39, 0.29) is 23.7 Å². The zero-order valence-corrected chi connectivity index (χ0v) is 10.7. The van der Waals surface area contributed by atoms with Gasteiger partial charge in [-0.25, -0.2) is 8.78 Å². The molecule has 5 heteroatoms. The van der Waals surface area contributed by atoms with Crippen molar-refractivity contribution in [1.82, 2.24) is 0 Å². The van der Waals surface area contributed by atoms with E-state index in [0.29, 0.717) is 0 Å². The van der Waals surface area contributed by atoms with Crippen LogP contribution in [0.25, 0.3) is 0 Å². The van der Waals surface area contributed by atoms with Gasteiger partial charge < -0.3 is 9.47 Å². The van der Waals surface area contributed by atoms with Crippen LogP contribution in [-0.2, 0) is 0 Å². The maximum absolute atomic E-state index is 13.2. The molecular weight excluding hydrogens is 266 g/mol. The fourth-order valence-corrected chi connectivity index (χ4v) is 1.68. The molecule has 2 rings (SSSR count). The number of carbonyl (C=O) groups excluding carboxylic acids is 1. The third-order valence-electron chi connectivity index (χ3n) is 2.63. The van der Waals surface area contributed by atoms with Crippen LogP contribution >= 0.6 is 0 Å². The van der Waals surface area contributed by atoms with E-state index in [4.69, 9.17) is 9.47 Å². The van der Waals surface area contributed by atoms with Crippen LogP contribution in [0.4, 0.5) is 8.78 Å². The van der Waals surface area contributed by atoms with Gasteiger partial charge in [-0.05, 0) is 30.3 Å². The summed E-state index contributed by atoms with van der Waals surface area (Å²) in [6.07, 6.45) is 0. The number of methoxy groups -OCH3 is 1. The van der Waals surface area contributed by atoms with Crippen LogP contribution in [0.15, 0.2) is 42.5 Å². The summed E-state index contributed by atoms with van der Waals surface area (Å²) in [5.74, 6) is -0.961. The molecule has 0 atom stereocenters. The number of Topliss-reactive ketones (excluding diaryl/α,β-unsaturated/α-hetero) is 1. The summed E-state index contributed by atoms with van der Waals surface area (Å²) >= 11 is 0. The van der Waals surface area contributed by atoms with Crippen molar-refractivity contribution in [3.8, 4) is 11.5 Å². The number of ketones is 1. The van der Waals surface area contributed by atoms with Crippen LogP contribution in [0.2, 0.25) is 0 Å². The fourth-order valence-electron chi connectivity index (χ4n) is 1.68. The van der Waals surface area contributed by atoms with Crippen molar-refractivity contribution in [2.45, 2.75) is 0 Å². The van der Waals surface area contributed by atoms with Gasteiger partial charge in [0.1, 0.15) is 23.1 Å². The quantitative estimate of drug-likeness (QED) is 0.788. The second kappa shape index (κ2) is 6.14. The zero-order valence-electron chi connectivity index (χ0n) is 10.7. The van der Waals surface area contributed by atoms with Gasteiger partial charge in [0.2, 0.25) is 5.78 Å². The first kappa shape index (κ1) is 14.0. The molecule has 2 aromatic rings. The van der Waals surface area contributed by atoms with Crippen LogP contribution in [0.1, 0.15) is 10.4 Å². The van der Waals surface area contributed by atoms with E-state index in [1.54, 1.807) is 0 Å². The molecule has 104 valence electrons. The van der Waals surface area contributed by atoms with Gasteiger partial charge in [0.25, 0.3) is 0 Å². The summed E-state index contributed by atoms with van der Waals surface area (Å²) in [6.45, 7) is -0.330. The van der Waals surface area contributed by atoms with Gasteiger partial charge in [-0.1, -0.05) is 6.07 Å². The molecular formula is C15H12F2O3. The van der Waals surface area contributed by atoms with Crippen LogP contribution in [-0.4, -0.2) is 19.5 Å². The monoisotopic (exact) mass is 278 g/mol. The summed E-state index contributed by atoms with van der Waals surface area (Å²) in [7, 11) is 1.39. The molecule has 0 spiro atoms. The van der Waals surface area contributed by atoms with Crippen molar-refractivity contribution in [3.63, 3.8) is 0 Å². The maximum atomic E-state index is 13.2. The maximum Gasteiger partial charge on any atom is 0.204 e. The lowest BCUT2D eigenvalue weighted by atomic mass is 10.1. The molecule has 0 aromatic heterocycles. The average molecular weight is 278 g/mol. The van der Waals surface area contributed by atoms with Gasteiger partial charge >= 0.3 is 0 Å². The number of hydrogen-bond donors (Lipinski definition) is 0. The highest BCUT2D eigenvalue weighted by Crippen LogP contribution is 2.20. The van der Waals surface area contributed by atoms with Crippen LogP contribution in [0.3, 0.4) is 0 Å². The average Bonchev–Trinajstić information content (AvgIpc) is 2.45. The Morgan fingerprint density at radius 3 is 2.55 bits per heavy atom. The summed E-state index contributed by atoms with van der Waals surface area (Å²) < 4.78 is 36.3. The lowest BCUT2D eigenvalue weighted by molar-refractivity contribution is 0.0917. The first-order valence-corrected chi connectivity index (χ1v) is 5.85. The number of halogens is 2. The Morgan fingerprint density at radius 2 is 1.85 bits per heavy atom. The SMILES string of the molecule is COc1ccc(F)cc1C(=O)COc1cccc(F)c1. The molecule has 20 heavy (non-hydrogen) atoms. The third kappa shape index (κ3) is 3.32.